The van der Waals surface area contributed by atoms with Crippen molar-refractivity contribution < 1.29 is 59.0 Å². The molecule has 14 rings (SSSR count). The van der Waals surface area contributed by atoms with Gasteiger partial charge in [-0.15, -0.1) is 0 Å². The largest absolute Gasteiger partial charge is 0.444 e. The molecular weight excluding hydrogens is 1510 g/mol. The normalized spacial score (nSPS) is 19.4. The first-order chi connectivity index (χ1) is 48.4. The lowest BCUT2D eigenvalue weighted by Gasteiger charge is -2.38. The first-order valence-corrected chi connectivity index (χ1v) is 36.8. The van der Waals surface area contributed by atoms with E-state index in [0.29, 0.717) is 95.2 Å². The lowest BCUT2D eigenvalue weighted by molar-refractivity contribution is -0.132. The molecular formula is C70H96Cl2F8IN17O5. The van der Waals surface area contributed by atoms with Gasteiger partial charge in [0.25, 0.3) is 17.8 Å². The minimum Gasteiger partial charge on any atom is -0.444 e. The van der Waals surface area contributed by atoms with Crippen LogP contribution in [0.5, 0.6) is 0 Å². The summed E-state index contributed by atoms with van der Waals surface area (Å²) in [6, 6.07) is 8.32. The lowest BCUT2D eigenvalue weighted by Crippen LogP contribution is -2.43. The highest BCUT2D eigenvalue weighted by molar-refractivity contribution is 14.1. The van der Waals surface area contributed by atoms with Gasteiger partial charge in [-0.05, 0) is 118 Å². The number of benzene rings is 2. The van der Waals surface area contributed by atoms with Gasteiger partial charge in [-0.3, -0.25) is 23.5 Å². The van der Waals surface area contributed by atoms with E-state index < -0.39 is 40.6 Å². The zero-order valence-electron chi connectivity index (χ0n) is 59.8. The average Bonchev–Trinajstić information content (AvgIpc) is 1.67. The molecule has 22 nitrogen and oxygen atoms in total. The number of ether oxygens (including phenoxy) is 2. The van der Waals surface area contributed by atoms with Crippen LogP contribution in [0.25, 0.3) is 0 Å². The average molecular weight is 1610 g/mol. The number of carbonyl (C=O) groups excluding carboxylic acids is 3. The van der Waals surface area contributed by atoms with Crippen LogP contribution in [-0.4, -0.2) is 179 Å². The number of carbonyl (C=O) groups is 3. The van der Waals surface area contributed by atoms with Gasteiger partial charge in [-0.25, -0.2) is 44.7 Å². The fraction of sp³-hybridized carbons (Fsp3) is 0.614. The molecule has 568 valence electrons. The predicted octanol–water partition coefficient (Wildman–Crippen LogP) is 13.3. The van der Waals surface area contributed by atoms with Crippen LogP contribution in [0.2, 0.25) is 10.0 Å². The van der Waals surface area contributed by atoms with Crippen molar-refractivity contribution in [3.05, 3.63) is 115 Å². The molecule has 0 bridgehead atoms. The highest BCUT2D eigenvalue weighted by Crippen LogP contribution is 2.37. The predicted molar refractivity (Wildman–Crippen MR) is 388 cm³/mol. The topological polar surface area (TPSA) is 210 Å². The molecule has 0 atom stereocenters. The summed E-state index contributed by atoms with van der Waals surface area (Å²) in [5.41, 5.74) is 13.1. The molecule has 103 heavy (non-hydrogen) atoms. The van der Waals surface area contributed by atoms with Crippen molar-refractivity contribution >= 4 is 86.6 Å². The Labute approximate surface area is 620 Å². The number of nitrogens with zero attached hydrogens (tertiary/aromatic N) is 14. The summed E-state index contributed by atoms with van der Waals surface area (Å²) in [4.78, 5) is 48.4. The second kappa shape index (κ2) is 34.2. The molecule has 8 aliphatic rings. The quantitative estimate of drug-likeness (QED) is 0.0833. The maximum atomic E-state index is 13.5. The fourth-order valence-electron chi connectivity index (χ4n) is 12.6. The fourth-order valence-corrected chi connectivity index (χ4v) is 13.5. The van der Waals surface area contributed by atoms with Gasteiger partial charge in [0.05, 0.1) is 130 Å². The third-order valence-corrected chi connectivity index (χ3v) is 20.1. The van der Waals surface area contributed by atoms with E-state index >= 15 is 0 Å². The van der Waals surface area contributed by atoms with E-state index in [-0.39, 0.29) is 86.2 Å². The summed E-state index contributed by atoms with van der Waals surface area (Å²) in [5, 5.41) is 23.8. The van der Waals surface area contributed by atoms with Crippen LogP contribution >= 0.6 is 45.8 Å². The van der Waals surface area contributed by atoms with E-state index in [1.54, 1.807) is 33.2 Å². The number of fused-ring (bicyclic) bond motifs is 4. The number of anilines is 4. The molecule has 0 aliphatic carbocycles. The second-order valence-electron chi connectivity index (χ2n) is 29.6. The molecule has 12 heterocycles. The number of aromatic nitrogens is 8. The zero-order chi connectivity index (χ0) is 74.8. The van der Waals surface area contributed by atoms with Crippen molar-refractivity contribution in [1.82, 2.24) is 64.5 Å². The van der Waals surface area contributed by atoms with E-state index in [1.165, 1.54) is 67.6 Å². The number of halogens is 11. The van der Waals surface area contributed by atoms with Crippen molar-refractivity contribution in [2.75, 3.05) is 99.0 Å². The minimum atomic E-state index is -2.61. The SMILES string of the molecule is CC(C)(C)OC(=O)N1CCn2ncc(I)c2C1.CC(C)(C)OC(=O)N1CCn2ncc(N3CCC(F)(F)CC3)c2C1.CC1(C)CCN(c2cnn3c2CNCC3)CC1.FC1(F)CCNCC1.Nc1ccc(F)c(Cl)c1.O=C(Cc1ccc(F)c(Cl)c1)N1CCn2ncc(N3CCC(F)(F)CC3)c2C1. The van der Waals surface area contributed by atoms with E-state index in [4.69, 9.17) is 38.4 Å². The van der Waals surface area contributed by atoms with Gasteiger partial charge in [-0.2, -0.15) is 20.4 Å². The molecule has 6 aromatic rings. The lowest BCUT2D eigenvalue weighted by atomic mass is 9.82. The van der Waals surface area contributed by atoms with Gasteiger partial charge in [0, 0.05) is 129 Å². The van der Waals surface area contributed by atoms with Crippen LogP contribution in [0.1, 0.15) is 135 Å². The molecule has 0 spiro atoms. The number of rotatable bonds is 5. The molecule has 0 unspecified atom stereocenters. The van der Waals surface area contributed by atoms with Crippen LogP contribution < -0.4 is 31.1 Å². The van der Waals surface area contributed by atoms with Crippen molar-refractivity contribution in [3.8, 4) is 0 Å². The monoisotopic (exact) mass is 1600 g/mol. The van der Waals surface area contributed by atoms with Gasteiger partial charge < -0.3 is 55.2 Å². The summed E-state index contributed by atoms with van der Waals surface area (Å²) in [7, 11) is 0. The standard InChI is InChI=1S/C19H20ClF3N4O.C16H24F2N4O2.C13H22N4.C11H16IN3O2.C6H5ClFN.C5H9F2N/c20-14-9-13(1-2-15(14)21)10-18(28)26-7-8-27-17(12-26)16(11-24-27)25-5-3-19(22,23)4-6-25;1-15(2,3)24-14(23)21-8-9-22-13(11-21)12(10-19-22)20-6-4-16(17,18)5-7-20;1-13(2)3-6-16(7-4-13)11-10-15-17-8-5-14-9-12(11)17;1-11(2,3)17-10(16)14-4-5-15-9(7-14)8(12)6-13-15;7-5-3-4(9)1-2-6(5)8;6-5(7)1-3-8-4-2-5/h1-2,9,11H,3-8,10,12H2;10H,4-9,11H2,1-3H3;10,14H,3-9H2,1-2H3;6H,4-5,7H2,1-3H3;1-3H,9H2;8H,1-4H2. The third kappa shape index (κ3) is 23.1. The molecule has 2 aromatic carbocycles. The Morgan fingerprint density at radius 1 is 0.505 bits per heavy atom. The Hall–Kier alpha value is -6.84. The van der Waals surface area contributed by atoms with Crippen LogP contribution in [0.15, 0.2) is 61.2 Å². The molecule has 33 heteroatoms. The molecule has 0 radical (unpaired) electrons. The summed E-state index contributed by atoms with van der Waals surface area (Å²) in [6.07, 6.45) is 8.76. The van der Waals surface area contributed by atoms with Crippen LogP contribution in [0.4, 0.5) is 67.5 Å². The summed E-state index contributed by atoms with van der Waals surface area (Å²) in [6.45, 7) is 28.2. The Morgan fingerprint density at radius 2 is 0.903 bits per heavy atom. The second-order valence-corrected chi connectivity index (χ2v) is 31.6. The highest BCUT2D eigenvalue weighted by atomic mass is 127. The van der Waals surface area contributed by atoms with Gasteiger partial charge in [-0.1, -0.05) is 43.1 Å². The van der Waals surface area contributed by atoms with Crippen molar-refractivity contribution in [2.45, 2.75) is 195 Å². The molecule has 3 amide bonds. The number of hydrogen-bond acceptors (Lipinski definition) is 15. The molecule has 4 aromatic heterocycles. The van der Waals surface area contributed by atoms with E-state index in [2.05, 4.69) is 83.2 Å². The number of nitrogens with one attached hydrogen (secondary N) is 2. The van der Waals surface area contributed by atoms with Crippen molar-refractivity contribution in [1.29, 1.82) is 0 Å². The Balaban J connectivity index is 0.000000150. The molecule has 4 saturated heterocycles. The van der Waals surface area contributed by atoms with Crippen molar-refractivity contribution in [2.24, 2.45) is 5.41 Å². The first kappa shape index (κ1) is 80.3. The van der Waals surface area contributed by atoms with Crippen LogP contribution in [-0.2, 0) is 73.0 Å². The zero-order valence-corrected chi connectivity index (χ0v) is 63.5. The van der Waals surface area contributed by atoms with Crippen LogP contribution in [0.3, 0.4) is 0 Å². The smallest absolute Gasteiger partial charge is 0.410 e. The van der Waals surface area contributed by atoms with Crippen LogP contribution in [0, 0.1) is 20.6 Å². The van der Waals surface area contributed by atoms with Gasteiger partial charge in [0.2, 0.25) is 5.91 Å². The molecule has 4 fully saturated rings. The Morgan fingerprint density at radius 3 is 1.35 bits per heavy atom. The Kier molecular flexibility index (Phi) is 26.6. The van der Waals surface area contributed by atoms with Crippen molar-refractivity contribution in [3.63, 3.8) is 0 Å². The molecule has 4 N–H and O–H groups in total. The van der Waals surface area contributed by atoms with Gasteiger partial charge in [0.1, 0.15) is 22.8 Å². The first-order valence-electron chi connectivity index (χ1n) is 34.9. The number of piperidine rings is 4. The highest BCUT2D eigenvalue weighted by Gasteiger charge is 2.39. The Bertz CT molecular complexity index is 3820. The van der Waals surface area contributed by atoms with E-state index in [9.17, 15) is 49.5 Å². The number of nitrogen functional groups attached to an aromatic ring is 1. The van der Waals surface area contributed by atoms with E-state index in [0.717, 1.165) is 58.2 Å². The maximum absolute atomic E-state index is 13.5. The number of nitrogens with two attached hydrogens (primary N) is 1. The number of alkyl halides is 6. The van der Waals surface area contributed by atoms with Gasteiger partial charge in [0.15, 0.2) is 0 Å². The maximum Gasteiger partial charge on any atom is 0.410 e. The minimum absolute atomic E-state index is 0.00694. The number of amides is 3. The summed E-state index contributed by atoms with van der Waals surface area (Å²) < 4.78 is 123. The third-order valence-electron chi connectivity index (χ3n) is 18.6. The summed E-state index contributed by atoms with van der Waals surface area (Å²) >= 11 is 13.4. The summed E-state index contributed by atoms with van der Waals surface area (Å²) in [5.74, 6) is -8.62. The van der Waals surface area contributed by atoms with Gasteiger partial charge >= 0.3 is 12.2 Å². The number of hydrogen-bond donors (Lipinski definition) is 3. The van der Waals surface area contributed by atoms with E-state index in [1.807, 2.05) is 71.6 Å². The molecule has 0 saturated carbocycles. The molecule has 8 aliphatic heterocycles.